The Morgan fingerprint density at radius 1 is 0.712 bits per heavy atom. The summed E-state index contributed by atoms with van der Waals surface area (Å²) in [6.07, 6.45) is 8.07. The topological polar surface area (TPSA) is 211 Å². The molecule has 2 aliphatic rings. The number of amides is 4. The van der Waals surface area contributed by atoms with Crippen LogP contribution in [0.1, 0.15) is 86.1 Å². The van der Waals surface area contributed by atoms with E-state index in [1.165, 1.54) is 31.4 Å². The summed E-state index contributed by atoms with van der Waals surface area (Å²) in [4.78, 5) is 105. The van der Waals surface area contributed by atoms with E-state index in [1.807, 2.05) is 18.0 Å². The molecule has 66 heavy (non-hydrogen) atoms. The van der Waals surface area contributed by atoms with Gasteiger partial charge in [0, 0.05) is 30.7 Å². The van der Waals surface area contributed by atoms with Crippen molar-refractivity contribution >= 4 is 53.7 Å². The summed E-state index contributed by atoms with van der Waals surface area (Å²) >= 11 is 0. The number of esters is 4. The van der Waals surface area contributed by atoms with Gasteiger partial charge in [-0.2, -0.15) is 0 Å². The maximum absolute atomic E-state index is 13.3. The number of nitrogens with one attached hydrogen (secondary N) is 1. The molecule has 0 spiro atoms. The van der Waals surface area contributed by atoms with Crippen LogP contribution in [0.5, 0.6) is 0 Å². The van der Waals surface area contributed by atoms with E-state index in [-0.39, 0.29) is 44.8 Å². The zero-order chi connectivity index (χ0) is 49.4. The van der Waals surface area contributed by atoms with Crippen LogP contribution in [-0.2, 0) is 62.0 Å². The predicted molar refractivity (Wildman–Crippen MR) is 248 cm³/mol. The van der Waals surface area contributed by atoms with Crippen LogP contribution in [0.25, 0.3) is 0 Å². The fourth-order valence-corrected chi connectivity index (χ4v) is 6.61. The van der Waals surface area contributed by atoms with Crippen molar-refractivity contribution < 1.29 is 62.0 Å². The molecule has 0 saturated carbocycles. The highest BCUT2D eigenvalue weighted by molar-refractivity contribution is 6.05. The number of likely N-dealkylation sites (tertiary alicyclic amines) is 1. The van der Waals surface area contributed by atoms with E-state index >= 15 is 0 Å². The molecule has 0 radical (unpaired) electrons. The normalized spacial score (nSPS) is 14.3. The van der Waals surface area contributed by atoms with Gasteiger partial charge >= 0.3 is 23.9 Å². The van der Waals surface area contributed by atoms with E-state index in [0.29, 0.717) is 18.3 Å². The quantitative estimate of drug-likeness (QED) is 0.0647. The number of piperidine rings is 1. The number of aryl methyl sites for hydroxylation is 1. The van der Waals surface area contributed by atoms with Crippen molar-refractivity contribution in [3.8, 4) is 0 Å². The Labute approximate surface area is 391 Å². The molecule has 1 saturated heterocycles. The number of benzene rings is 1. The van der Waals surface area contributed by atoms with Gasteiger partial charge in [0.05, 0.1) is 33.0 Å². The third-order valence-corrected chi connectivity index (χ3v) is 10.1. The van der Waals surface area contributed by atoms with Gasteiger partial charge in [0.15, 0.2) is 5.76 Å². The molecule has 0 aromatic heterocycles. The van der Waals surface area contributed by atoms with Crippen LogP contribution in [0, 0.1) is 12.8 Å². The number of unbranched alkanes of at least 4 members (excludes halogenated alkanes) is 2. The van der Waals surface area contributed by atoms with Gasteiger partial charge in [0.1, 0.15) is 39.3 Å². The third-order valence-electron chi connectivity index (χ3n) is 10.1. The fourth-order valence-electron chi connectivity index (χ4n) is 6.61. The largest absolute Gasteiger partial charge is 0.488 e. The van der Waals surface area contributed by atoms with Crippen LogP contribution in [0.15, 0.2) is 36.1 Å². The van der Waals surface area contributed by atoms with E-state index in [2.05, 4.69) is 62.2 Å². The van der Waals surface area contributed by atoms with Crippen LogP contribution >= 0.6 is 0 Å². The minimum Gasteiger partial charge on any atom is -0.488 e. The summed E-state index contributed by atoms with van der Waals surface area (Å²) in [6.45, 7) is 16.3. The molecule has 2 aliphatic heterocycles. The summed E-state index contributed by atoms with van der Waals surface area (Å²) in [5.74, 6) is -3.96. The van der Waals surface area contributed by atoms with Crippen molar-refractivity contribution in [2.45, 2.75) is 93.5 Å². The van der Waals surface area contributed by atoms with E-state index in [4.69, 9.17) is 23.7 Å². The second kappa shape index (κ2) is 33.9. The first-order valence-electron chi connectivity index (χ1n) is 23.1. The number of nitrogens with zero attached hydrogens (tertiary/aromatic N) is 5. The average Bonchev–Trinajstić information content (AvgIpc) is 3.73. The van der Waals surface area contributed by atoms with Crippen LogP contribution in [-0.4, -0.2) is 179 Å². The van der Waals surface area contributed by atoms with E-state index in [0.717, 1.165) is 52.9 Å². The molecule has 4 amide bonds. The van der Waals surface area contributed by atoms with Crippen LogP contribution < -0.4 is 10.2 Å². The number of carbonyl (C=O) groups is 8. The summed E-state index contributed by atoms with van der Waals surface area (Å²) in [5.41, 5.74) is 2.20. The van der Waals surface area contributed by atoms with E-state index < -0.39 is 75.0 Å². The lowest BCUT2D eigenvalue weighted by molar-refractivity contribution is -0.155. The minimum atomic E-state index is -0.839. The van der Waals surface area contributed by atoms with Gasteiger partial charge in [0.25, 0.3) is 5.91 Å². The van der Waals surface area contributed by atoms with Crippen LogP contribution in [0.3, 0.4) is 0 Å². The van der Waals surface area contributed by atoms with Gasteiger partial charge in [-0.25, -0.2) is 0 Å². The molecule has 0 bridgehead atoms. The van der Waals surface area contributed by atoms with Crippen molar-refractivity contribution in [2.75, 3.05) is 110 Å². The lowest BCUT2D eigenvalue weighted by atomic mass is 10.0. The van der Waals surface area contributed by atoms with Gasteiger partial charge in [-0.15, -0.1) is 0 Å². The average molecular weight is 933 g/mol. The highest BCUT2D eigenvalue weighted by atomic mass is 16.5. The van der Waals surface area contributed by atoms with Crippen molar-refractivity contribution in [2.24, 2.45) is 5.92 Å². The molecular weight excluding hydrogens is 857 g/mol. The van der Waals surface area contributed by atoms with Gasteiger partial charge in [-0.1, -0.05) is 51.3 Å². The Kier molecular flexibility index (Phi) is 30.0. The van der Waals surface area contributed by atoms with Crippen LogP contribution in [0.2, 0.25) is 0 Å². The van der Waals surface area contributed by atoms with Crippen molar-refractivity contribution in [1.29, 1.82) is 0 Å². The second-order valence-corrected chi connectivity index (χ2v) is 15.5. The van der Waals surface area contributed by atoms with Gasteiger partial charge in [-0.05, 0) is 92.2 Å². The summed E-state index contributed by atoms with van der Waals surface area (Å²) in [5, 5.41) is 2.93. The van der Waals surface area contributed by atoms with Gasteiger partial charge < -0.3 is 53.5 Å². The molecule has 19 nitrogen and oxygen atoms in total. The van der Waals surface area contributed by atoms with E-state index in [9.17, 15) is 38.4 Å². The SMILES string of the molecule is CCCCCN1CCC(N(C(=O)C2=CC(C)CO2)c2ccc(C)cc2)CC1.CCNC.CCOC(=O)CN(CC(=O)OCC)C(=O)CN(C=O)CC(=O)N(CC(=O)OCC)CC(=O)OCC. The Bertz CT molecular complexity index is 1580. The number of rotatable bonds is 25. The molecule has 372 valence electrons. The number of hydrogen-bond acceptors (Lipinski definition) is 15. The van der Waals surface area contributed by atoms with Gasteiger partial charge in [-0.3, -0.25) is 38.4 Å². The lowest BCUT2D eigenvalue weighted by Crippen LogP contribution is -2.49. The fraction of sp³-hybridized carbons (Fsp3) is 0.660. The molecule has 3 rings (SSSR count). The molecule has 1 atom stereocenters. The molecule has 1 N–H and O–H groups in total. The second-order valence-electron chi connectivity index (χ2n) is 15.5. The Hall–Kier alpha value is -5.56. The maximum atomic E-state index is 13.3. The lowest BCUT2D eigenvalue weighted by Gasteiger charge is -2.38. The summed E-state index contributed by atoms with van der Waals surface area (Å²) in [7, 11) is 1.93. The molecule has 19 heteroatoms. The first-order valence-corrected chi connectivity index (χ1v) is 23.1. The summed E-state index contributed by atoms with van der Waals surface area (Å²) in [6, 6.07) is 8.55. The summed E-state index contributed by atoms with van der Waals surface area (Å²) < 4.78 is 24.8. The standard InChI is InChI=1S/C23H34N2O2.C21H33N3O11.C3H9N/c1-4-5-6-13-24-14-11-21(12-15-24)25(20-9-7-18(2)8-10-20)23(26)22-16-19(3)17-27-22;1-5-32-18(28)11-23(12-19(29)33-6-2)16(26)9-22(15-25)10-17(27)24(13-20(30)34-7-3)14-21(31)35-8-4;1-3-4-2/h7-10,16,19,21H,4-6,11-15,17H2,1-3H3;15H,5-14H2,1-4H3;4H,3H2,1-2H3. The number of anilines is 1. The first-order chi connectivity index (χ1) is 31.6. The number of carbonyl (C=O) groups excluding carboxylic acids is 8. The predicted octanol–water partition coefficient (Wildman–Crippen LogP) is 3.11. The monoisotopic (exact) mass is 933 g/mol. The molecule has 1 aromatic carbocycles. The Morgan fingerprint density at radius 2 is 1.15 bits per heavy atom. The van der Waals surface area contributed by atoms with Crippen LogP contribution in [0.4, 0.5) is 5.69 Å². The van der Waals surface area contributed by atoms with Crippen molar-refractivity contribution in [3.05, 3.63) is 41.7 Å². The number of hydrogen-bond donors (Lipinski definition) is 1. The van der Waals surface area contributed by atoms with Crippen molar-refractivity contribution in [1.82, 2.24) is 24.9 Å². The zero-order valence-corrected chi connectivity index (χ0v) is 40.8. The first kappa shape index (κ1) is 58.5. The minimum absolute atomic E-state index is 0.0210. The highest BCUT2D eigenvalue weighted by Crippen LogP contribution is 2.28. The molecule has 1 fully saturated rings. The molecule has 1 unspecified atom stereocenters. The Balaban J connectivity index is 0.000000623. The smallest absolute Gasteiger partial charge is 0.325 e. The Morgan fingerprint density at radius 3 is 1.50 bits per heavy atom. The number of ether oxygens (including phenoxy) is 5. The molecular formula is C47H76N6O13. The molecule has 1 aromatic rings. The highest BCUT2D eigenvalue weighted by Gasteiger charge is 2.33. The molecule has 2 heterocycles. The third kappa shape index (κ3) is 23.1. The maximum Gasteiger partial charge on any atom is 0.325 e. The molecule has 0 aliphatic carbocycles. The zero-order valence-electron chi connectivity index (χ0n) is 40.8. The van der Waals surface area contributed by atoms with E-state index in [1.54, 1.807) is 27.7 Å². The van der Waals surface area contributed by atoms with Crippen molar-refractivity contribution in [3.63, 3.8) is 0 Å². The van der Waals surface area contributed by atoms with Gasteiger partial charge in [0.2, 0.25) is 18.2 Å².